The Hall–Kier alpha value is -1.60. The first-order chi connectivity index (χ1) is 9.37. The zero-order valence-electron chi connectivity index (χ0n) is 11.4. The number of sulfonamides is 1. The molecule has 1 aliphatic rings. The Kier molecular flexibility index (Phi) is 4.01. The number of aromatic carboxylic acids is 1. The summed E-state index contributed by atoms with van der Waals surface area (Å²) in [6, 6.07) is 3.80. The Morgan fingerprint density at radius 1 is 1.40 bits per heavy atom. The molecule has 1 fully saturated rings. The molecule has 1 aliphatic carbocycles. The van der Waals surface area contributed by atoms with Crippen molar-refractivity contribution in [2.75, 3.05) is 14.2 Å². The number of nitrogens with zero attached hydrogens (tertiary/aromatic N) is 1. The van der Waals surface area contributed by atoms with Crippen molar-refractivity contribution < 1.29 is 23.1 Å². The molecule has 0 amide bonds. The summed E-state index contributed by atoms with van der Waals surface area (Å²) in [4.78, 5) is 10.9. The second kappa shape index (κ2) is 5.41. The molecule has 1 N–H and O–H groups in total. The Balaban J connectivity index is 2.42. The van der Waals surface area contributed by atoms with Crippen LogP contribution in [0.15, 0.2) is 23.1 Å². The normalized spacial score (nSPS) is 15.9. The van der Waals surface area contributed by atoms with Crippen LogP contribution in [0.4, 0.5) is 0 Å². The van der Waals surface area contributed by atoms with Crippen molar-refractivity contribution in [3.63, 3.8) is 0 Å². The molecule has 6 nitrogen and oxygen atoms in total. The van der Waals surface area contributed by atoms with E-state index in [1.165, 1.54) is 29.6 Å². The molecule has 0 radical (unpaired) electrons. The lowest BCUT2D eigenvalue weighted by Gasteiger charge is -2.34. The maximum Gasteiger partial charge on any atom is 0.335 e. The Morgan fingerprint density at radius 3 is 2.50 bits per heavy atom. The van der Waals surface area contributed by atoms with Gasteiger partial charge in [0.1, 0.15) is 10.6 Å². The van der Waals surface area contributed by atoms with Gasteiger partial charge < -0.3 is 9.84 Å². The maximum atomic E-state index is 12.5. The molecule has 0 saturated heterocycles. The third-order valence-corrected chi connectivity index (χ3v) is 5.61. The predicted octanol–water partition coefficient (Wildman–Crippen LogP) is 1.57. The van der Waals surface area contributed by atoms with E-state index >= 15 is 0 Å². The van der Waals surface area contributed by atoms with Gasteiger partial charge in [0.25, 0.3) is 0 Å². The Bertz CT molecular complexity index is 622. The van der Waals surface area contributed by atoms with E-state index < -0.39 is 16.0 Å². The van der Waals surface area contributed by atoms with E-state index in [-0.39, 0.29) is 22.3 Å². The van der Waals surface area contributed by atoms with Crippen LogP contribution < -0.4 is 4.74 Å². The van der Waals surface area contributed by atoms with E-state index in [9.17, 15) is 13.2 Å². The van der Waals surface area contributed by atoms with Crippen molar-refractivity contribution in [2.24, 2.45) is 0 Å². The first-order valence-electron chi connectivity index (χ1n) is 6.27. The Labute approximate surface area is 118 Å². The molecule has 0 bridgehead atoms. The minimum Gasteiger partial charge on any atom is -0.495 e. The second-order valence-electron chi connectivity index (χ2n) is 4.78. The fourth-order valence-electron chi connectivity index (χ4n) is 2.12. The molecule has 1 aromatic carbocycles. The fraction of sp³-hybridized carbons (Fsp3) is 0.462. The second-order valence-corrected chi connectivity index (χ2v) is 6.74. The summed E-state index contributed by atoms with van der Waals surface area (Å²) < 4.78 is 31.4. The molecule has 110 valence electrons. The van der Waals surface area contributed by atoms with Crippen LogP contribution in [-0.4, -0.2) is 44.0 Å². The van der Waals surface area contributed by atoms with Crippen LogP contribution in [0.1, 0.15) is 29.6 Å². The SMILES string of the molecule is COc1cc(C(=O)O)ccc1S(=O)(=O)N(C)C1CCC1. The van der Waals surface area contributed by atoms with E-state index in [0.29, 0.717) is 0 Å². The number of carbonyl (C=O) groups is 1. The first kappa shape index (κ1) is 14.8. The van der Waals surface area contributed by atoms with E-state index in [1.54, 1.807) is 7.05 Å². The zero-order chi connectivity index (χ0) is 14.9. The van der Waals surface area contributed by atoms with Crippen LogP contribution in [0.3, 0.4) is 0 Å². The van der Waals surface area contributed by atoms with Crippen LogP contribution in [-0.2, 0) is 10.0 Å². The standard InChI is InChI=1S/C13H17NO5S/c1-14(10-4-3-5-10)20(17,18)12-7-6-9(13(15)16)8-11(12)19-2/h6-8,10H,3-5H2,1-2H3,(H,15,16). The molecule has 0 spiro atoms. The third-order valence-electron chi connectivity index (χ3n) is 3.66. The lowest BCUT2D eigenvalue weighted by Crippen LogP contribution is -2.41. The van der Waals surface area contributed by atoms with Gasteiger partial charge in [-0.2, -0.15) is 4.31 Å². The molecule has 0 aliphatic heterocycles. The van der Waals surface area contributed by atoms with Gasteiger partial charge in [-0.25, -0.2) is 13.2 Å². The molecule has 0 aromatic heterocycles. The Morgan fingerprint density at radius 2 is 2.05 bits per heavy atom. The number of ether oxygens (including phenoxy) is 1. The summed E-state index contributed by atoms with van der Waals surface area (Å²) >= 11 is 0. The molecule has 7 heteroatoms. The molecular formula is C13H17NO5S. The molecular weight excluding hydrogens is 282 g/mol. The van der Waals surface area contributed by atoms with Crippen molar-refractivity contribution in [1.82, 2.24) is 4.31 Å². The summed E-state index contributed by atoms with van der Waals surface area (Å²) in [5.74, 6) is -1.07. The lowest BCUT2D eigenvalue weighted by atomic mass is 9.94. The third kappa shape index (κ3) is 2.51. The fourth-order valence-corrected chi connectivity index (χ4v) is 3.67. The summed E-state index contributed by atoms with van der Waals surface area (Å²) in [6.07, 6.45) is 2.73. The predicted molar refractivity (Wildman–Crippen MR) is 72.5 cm³/mol. The summed E-state index contributed by atoms with van der Waals surface area (Å²) in [6.45, 7) is 0. The van der Waals surface area contributed by atoms with Gasteiger partial charge in [0.2, 0.25) is 10.0 Å². The quantitative estimate of drug-likeness (QED) is 0.892. The summed E-state index contributed by atoms with van der Waals surface area (Å²) in [5.41, 5.74) is -0.00732. The molecule has 20 heavy (non-hydrogen) atoms. The van der Waals surface area contributed by atoms with Crippen LogP contribution in [0.2, 0.25) is 0 Å². The molecule has 1 saturated carbocycles. The summed E-state index contributed by atoms with van der Waals surface area (Å²) in [7, 11) is -0.801. The number of hydrogen-bond donors (Lipinski definition) is 1. The minimum absolute atomic E-state index is 0.000556. The van der Waals surface area contributed by atoms with Crippen molar-refractivity contribution in [2.45, 2.75) is 30.2 Å². The van der Waals surface area contributed by atoms with Crippen LogP contribution in [0.25, 0.3) is 0 Å². The number of carboxylic acid groups (broad SMARTS) is 1. The van der Waals surface area contributed by atoms with Gasteiger partial charge in [0.15, 0.2) is 0 Å². The molecule has 0 unspecified atom stereocenters. The average Bonchev–Trinajstić information content (AvgIpc) is 2.35. The van der Waals surface area contributed by atoms with Gasteiger partial charge >= 0.3 is 5.97 Å². The molecule has 2 rings (SSSR count). The van der Waals surface area contributed by atoms with Crippen LogP contribution in [0.5, 0.6) is 5.75 Å². The highest BCUT2D eigenvalue weighted by molar-refractivity contribution is 7.89. The van der Waals surface area contributed by atoms with Gasteiger partial charge in [0.05, 0.1) is 12.7 Å². The topological polar surface area (TPSA) is 83.9 Å². The zero-order valence-corrected chi connectivity index (χ0v) is 12.2. The van der Waals surface area contributed by atoms with Crippen LogP contribution >= 0.6 is 0 Å². The van der Waals surface area contributed by atoms with Gasteiger partial charge in [-0.3, -0.25) is 0 Å². The number of benzene rings is 1. The first-order valence-corrected chi connectivity index (χ1v) is 7.71. The van der Waals surface area contributed by atoms with Crippen molar-refractivity contribution in [1.29, 1.82) is 0 Å². The largest absolute Gasteiger partial charge is 0.495 e. The highest BCUT2D eigenvalue weighted by Gasteiger charge is 2.33. The maximum absolute atomic E-state index is 12.5. The number of methoxy groups -OCH3 is 1. The van der Waals surface area contributed by atoms with Gasteiger partial charge in [-0.15, -0.1) is 0 Å². The van der Waals surface area contributed by atoms with Gasteiger partial charge in [-0.1, -0.05) is 6.42 Å². The highest BCUT2D eigenvalue weighted by Crippen LogP contribution is 2.32. The van der Waals surface area contributed by atoms with Gasteiger partial charge in [0, 0.05) is 13.1 Å². The van der Waals surface area contributed by atoms with Crippen molar-refractivity contribution in [3.05, 3.63) is 23.8 Å². The smallest absolute Gasteiger partial charge is 0.335 e. The van der Waals surface area contributed by atoms with Crippen LogP contribution in [0, 0.1) is 0 Å². The minimum atomic E-state index is -3.67. The van der Waals surface area contributed by atoms with E-state index in [1.807, 2.05) is 0 Å². The number of carboxylic acids is 1. The van der Waals surface area contributed by atoms with E-state index in [2.05, 4.69) is 0 Å². The molecule has 0 atom stereocenters. The monoisotopic (exact) mass is 299 g/mol. The van der Waals surface area contributed by atoms with Crippen molar-refractivity contribution in [3.8, 4) is 5.75 Å². The molecule has 0 heterocycles. The molecule has 1 aromatic rings. The lowest BCUT2D eigenvalue weighted by molar-refractivity contribution is 0.0696. The van der Waals surface area contributed by atoms with E-state index in [0.717, 1.165) is 19.3 Å². The van der Waals surface area contributed by atoms with Gasteiger partial charge in [-0.05, 0) is 31.0 Å². The number of rotatable bonds is 5. The van der Waals surface area contributed by atoms with E-state index in [4.69, 9.17) is 9.84 Å². The average molecular weight is 299 g/mol. The summed E-state index contributed by atoms with van der Waals surface area (Å²) in [5, 5.41) is 8.93. The highest BCUT2D eigenvalue weighted by atomic mass is 32.2. The number of hydrogen-bond acceptors (Lipinski definition) is 4. The van der Waals surface area contributed by atoms with Crippen molar-refractivity contribution >= 4 is 16.0 Å².